The molecule has 5 nitrogen and oxygen atoms in total. The average molecular weight is 298 g/mol. The Bertz CT molecular complexity index is 682. The molecule has 1 N–H and O–H groups in total. The number of fused-ring (bicyclic) bond motifs is 1. The number of nitrogens with zero attached hydrogens (tertiary/aromatic N) is 2. The molecule has 7 heteroatoms. The van der Waals surface area contributed by atoms with Crippen molar-refractivity contribution in [1.82, 2.24) is 9.55 Å². The van der Waals surface area contributed by atoms with Crippen molar-refractivity contribution in [2.24, 2.45) is 0 Å². The van der Waals surface area contributed by atoms with Crippen molar-refractivity contribution in [3.8, 4) is 0 Å². The van der Waals surface area contributed by atoms with Gasteiger partial charge in [0.2, 0.25) is 0 Å². The summed E-state index contributed by atoms with van der Waals surface area (Å²) in [5, 5.41) is 11.0. The zero-order valence-electron chi connectivity index (χ0n) is 10.8. The van der Waals surface area contributed by atoms with Crippen molar-refractivity contribution >= 4 is 39.3 Å². The van der Waals surface area contributed by atoms with Crippen LogP contribution in [0.3, 0.4) is 0 Å². The fourth-order valence-electron chi connectivity index (χ4n) is 1.71. The molecule has 0 radical (unpaired) electrons. The predicted octanol–water partition coefficient (Wildman–Crippen LogP) is 2.39. The molecule has 0 aromatic carbocycles. The van der Waals surface area contributed by atoms with Crippen LogP contribution in [-0.2, 0) is 10.3 Å². The molecule has 0 atom stereocenters. The number of aromatic nitrogens is 2. The highest BCUT2D eigenvalue weighted by molar-refractivity contribution is 7.99. The molecule has 0 saturated carbocycles. The van der Waals surface area contributed by atoms with Crippen LogP contribution in [0.1, 0.15) is 20.8 Å². The molecule has 2 rings (SSSR count). The van der Waals surface area contributed by atoms with Crippen LogP contribution in [0.2, 0.25) is 0 Å². The maximum absolute atomic E-state index is 12.5. The van der Waals surface area contributed by atoms with E-state index in [4.69, 9.17) is 5.11 Å². The van der Waals surface area contributed by atoms with E-state index in [1.807, 2.05) is 26.2 Å². The molecule has 0 saturated heterocycles. The van der Waals surface area contributed by atoms with Crippen molar-refractivity contribution in [2.45, 2.75) is 31.5 Å². The van der Waals surface area contributed by atoms with Gasteiger partial charge in [-0.3, -0.25) is 14.2 Å². The third kappa shape index (κ3) is 2.82. The largest absolute Gasteiger partial charge is 0.481 e. The van der Waals surface area contributed by atoms with Gasteiger partial charge in [0.25, 0.3) is 5.56 Å². The Morgan fingerprint density at radius 2 is 2.21 bits per heavy atom. The summed E-state index contributed by atoms with van der Waals surface area (Å²) in [5.74, 6) is -1.04. The lowest BCUT2D eigenvalue weighted by Crippen LogP contribution is -2.35. The van der Waals surface area contributed by atoms with E-state index in [1.165, 1.54) is 11.3 Å². The van der Waals surface area contributed by atoms with Crippen LogP contribution >= 0.6 is 23.1 Å². The van der Waals surface area contributed by atoms with E-state index in [1.54, 1.807) is 10.6 Å². The van der Waals surface area contributed by atoms with E-state index in [2.05, 4.69) is 4.98 Å². The van der Waals surface area contributed by atoms with Crippen LogP contribution < -0.4 is 5.56 Å². The van der Waals surface area contributed by atoms with Crippen molar-refractivity contribution in [2.75, 3.05) is 5.75 Å². The van der Waals surface area contributed by atoms with Crippen molar-refractivity contribution < 1.29 is 9.90 Å². The third-order valence-corrected chi connectivity index (χ3v) is 4.26. The maximum atomic E-state index is 12.5. The number of rotatable bonds is 3. The highest BCUT2D eigenvalue weighted by Gasteiger charge is 2.22. The zero-order chi connectivity index (χ0) is 14.2. The number of aliphatic carboxylic acids is 1. The van der Waals surface area contributed by atoms with Crippen molar-refractivity contribution in [3.63, 3.8) is 0 Å². The van der Waals surface area contributed by atoms with Gasteiger partial charge in [0, 0.05) is 5.54 Å². The molecule has 102 valence electrons. The van der Waals surface area contributed by atoms with E-state index in [0.717, 1.165) is 11.8 Å². The van der Waals surface area contributed by atoms with Crippen LogP contribution in [0.5, 0.6) is 0 Å². The first-order valence-corrected chi connectivity index (χ1v) is 7.52. The summed E-state index contributed by atoms with van der Waals surface area (Å²) in [6, 6.07) is 1.78. The van der Waals surface area contributed by atoms with Gasteiger partial charge in [-0.2, -0.15) is 0 Å². The third-order valence-electron chi connectivity index (χ3n) is 2.44. The number of carboxylic acids is 1. The number of hydrogen-bond donors (Lipinski definition) is 1. The Labute approximate surface area is 118 Å². The molecule has 0 aliphatic rings. The molecular formula is C12H14N2O3S2. The smallest absolute Gasteiger partial charge is 0.313 e. The second kappa shape index (κ2) is 4.97. The van der Waals surface area contributed by atoms with Gasteiger partial charge in [0.1, 0.15) is 4.70 Å². The summed E-state index contributed by atoms with van der Waals surface area (Å²) < 4.78 is 2.17. The Balaban J connectivity index is 2.65. The summed E-state index contributed by atoms with van der Waals surface area (Å²) in [6.07, 6.45) is 0. The van der Waals surface area contributed by atoms with Crippen molar-refractivity contribution in [1.29, 1.82) is 0 Å². The van der Waals surface area contributed by atoms with Crippen LogP contribution in [-0.4, -0.2) is 26.4 Å². The van der Waals surface area contributed by atoms with Gasteiger partial charge in [0.05, 0.1) is 11.3 Å². The first-order chi connectivity index (χ1) is 8.80. The van der Waals surface area contributed by atoms with E-state index >= 15 is 0 Å². The number of thiophene rings is 1. The SMILES string of the molecule is CC(C)(C)n1c(SCC(=O)O)nc2ccsc2c1=O. The van der Waals surface area contributed by atoms with Gasteiger partial charge in [-0.05, 0) is 32.2 Å². The van der Waals surface area contributed by atoms with Gasteiger partial charge < -0.3 is 5.11 Å². The molecule has 2 aromatic heterocycles. The Morgan fingerprint density at radius 3 is 2.79 bits per heavy atom. The predicted molar refractivity (Wildman–Crippen MR) is 77.2 cm³/mol. The molecular weight excluding hydrogens is 284 g/mol. The number of carbonyl (C=O) groups is 1. The molecule has 19 heavy (non-hydrogen) atoms. The Kier molecular flexibility index (Phi) is 3.69. The summed E-state index contributed by atoms with van der Waals surface area (Å²) in [6.45, 7) is 5.71. The lowest BCUT2D eigenvalue weighted by Gasteiger charge is -2.24. The average Bonchev–Trinajstić information content (AvgIpc) is 2.72. The summed E-state index contributed by atoms with van der Waals surface area (Å²) in [7, 11) is 0. The molecule has 0 aliphatic heterocycles. The Hall–Kier alpha value is -1.34. The molecule has 0 fully saturated rings. The highest BCUT2D eigenvalue weighted by Crippen LogP contribution is 2.25. The summed E-state index contributed by atoms with van der Waals surface area (Å²) in [4.78, 5) is 27.6. The summed E-state index contributed by atoms with van der Waals surface area (Å²) >= 11 is 2.43. The second-order valence-corrected chi connectivity index (χ2v) is 6.88. The molecule has 0 aliphatic carbocycles. The fourth-order valence-corrected chi connectivity index (χ4v) is 3.37. The molecule has 0 bridgehead atoms. The van der Waals surface area contributed by atoms with Gasteiger partial charge >= 0.3 is 5.97 Å². The van der Waals surface area contributed by atoms with Gasteiger partial charge in [0.15, 0.2) is 5.16 Å². The normalized spacial score (nSPS) is 11.9. The van der Waals surface area contributed by atoms with Crippen LogP contribution in [0.25, 0.3) is 10.2 Å². The van der Waals surface area contributed by atoms with Crippen LogP contribution in [0.4, 0.5) is 0 Å². The molecule has 0 spiro atoms. The minimum Gasteiger partial charge on any atom is -0.481 e. The second-order valence-electron chi connectivity index (χ2n) is 5.02. The minimum atomic E-state index is -0.926. The number of carboxylic acid groups (broad SMARTS) is 1. The van der Waals surface area contributed by atoms with Crippen molar-refractivity contribution in [3.05, 3.63) is 21.8 Å². The van der Waals surface area contributed by atoms with E-state index < -0.39 is 11.5 Å². The van der Waals surface area contributed by atoms with E-state index in [-0.39, 0.29) is 11.3 Å². The van der Waals surface area contributed by atoms with Crippen LogP contribution in [0, 0.1) is 0 Å². The first kappa shape index (κ1) is 14.1. The quantitative estimate of drug-likeness (QED) is 0.696. The monoisotopic (exact) mass is 298 g/mol. The van der Waals surface area contributed by atoms with Gasteiger partial charge in [-0.15, -0.1) is 11.3 Å². The zero-order valence-corrected chi connectivity index (χ0v) is 12.5. The van der Waals surface area contributed by atoms with Crippen LogP contribution in [0.15, 0.2) is 21.4 Å². The first-order valence-electron chi connectivity index (χ1n) is 5.66. The topological polar surface area (TPSA) is 72.2 Å². The van der Waals surface area contributed by atoms with Gasteiger partial charge in [-0.1, -0.05) is 11.8 Å². The highest BCUT2D eigenvalue weighted by atomic mass is 32.2. The Morgan fingerprint density at radius 1 is 1.53 bits per heavy atom. The molecule has 0 amide bonds. The molecule has 2 aromatic rings. The lowest BCUT2D eigenvalue weighted by molar-refractivity contribution is -0.133. The lowest BCUT2D eigenvalue weighted by atomic mass is 10.1. The van der Waals surface area contributed by atoms with E-state index in [9.17, 15) is 9.59 Å². The molecule has 2 heterocycles. The maximum Gasteiger partial charge on any atom is 0.313 e. The fraction of sp³-hybridized carbons (Fsp3) is 0.417. The summed E-state index contributed by atoms with van der Waals surface area (Å²) in [5.41, 5.74) is 0.0760. The number of thioether (sulfide) groups is 1. The standard InChI is InChI=1S/C12H14N2O3S2/c1-12(2,3)14-10(17)9-7(4-5-18-9)13-11(14)19-6-8(15)16/h4-5H,6H2,1-3H3,(H,15,16). The van der Waals surface area contributed by atoms with Gasteiger partial charge in [-0.25, -0.2) is 4.98 Å². The van der Waals surface area contributed by atoms with E-state index in [0.29, 0.717) is 15.4 Å². The minimum absolute atomic E-state index is 0.111. The number of hydrogen-bond acceptors (Lipinski definition) is 5. The molecule has 0 unspecified atom stereocenters.